The molecule has 0 bridgehead atoms. The third kappa shape index (κ3) is 2.71. The highest BCUT2D eigenvalue weighted by molar-refractivity contribution is 5.62. The van der Waals surface area contributed by atoms with E-state index < -0.39 is 5.92 Å². The van der Waals surface area contributed by atoms with E-state index in [1.807, 2.05) is 19.1 Å². The normalized spacial score (nSPS) is 22.1. The Labute approximate surface area is 133 Å². The summed E-state index contributed by atoms with van der Waals surface area (Å²) in [6.07, 6.45) is 4.53. The number of alkyl halides is 2. The van der Waals surface area contributed by atoms with E-state index in [0.29, 0.717) is 18.7 Å². The van der Waals surface area contributed by atoms with Gasteiger partial charge in [-0.15, -0.1) is 0 Å². The van der Waals surface area contributed by atoms with Crippen LogP contribution in [0.4, 0.5) is 14.6 Å². The Morgan fingerprint density at radius 1 is 1.13 bits per heavy atom. The number of rotatable bonds is 2. The van der Waals surface area contributed by atoms with Gasteiger partial charge in [-0.2, -0.15) is 0 Å². The molecule has 4 nitrogen and oxygen atoms in total. The largest absolute Gasteiger partial charge is 0.472 e. The third-order valence-corrected chi connectivity index (χ3v) is 5.06. The van der Waals surface area contributed by atoms with Crippen molar-refractivity contribution in [3.63, 3.8) is 0 Å². The molecule has 0 unspecified atom stereocenters. The molecule has 6 heteroatoms. The van der Waals surface area contributed by atoms with E-state index >= 15 is 0 Å². The second kappa shape index (κ2) is 5.01. The fourth-order valence-electron chi connectivity index (χ4n) is 3.66. The van der Waals surface area contributed by atoms with Gasteiger partial charge in [0.15, 0.2) is 0 Å². The van der Waals surface area contributed by atoms with Crippen molar-refractivity contribution in [1.29, 1.82) is 0 Å². The topological polar surface area (TPSA) is 42.2 Å². The molecule has 2 fully saturated rings. The number of furan rings is 1. The van der Waals surface area contributed by atoms with Gasteiger partial charge in [0.1, 0.15) is 11.6 Å². The van der Waals surface area contributed by atoms with Gasteiger partial charge in [0, 0.05) is 43.0 Å². The fourth-order valence-corrected chi connectivity index (χ4v) is 3.66. The lowest BCUT2D eigenvalue weighted by Crippen LogP contribution is -2.59. The van der Waals surface area contributed by atoms with Gasteiger partial charge in [0.25, 0.3) is 0 Å². The van der Waals surface area contributed by atoms with Crippen LogP contribution >= 0.6 is 0 Å². The van der Waals surface area contributed by atoms with Gasteiger partial charge >= 0.3 is 0 Å². The van der Waals surface area contributed by atoms with Crippen LogP contribution in [-0.2, 0) is 0 Å². The smallest absolute Gasteiger partial charge is 0.248 e. The number of halogens is 2. The summed E-state index contributed by atoms with van der Waals surface area (Å²) < 4.78 is 31.8. The zero-order valence-electron chi connectivity index (χ0n) is 13.1. The average Bonchev–Trinajstić information content (AvgIpc) is 2.99. The van der Waals surface area contributed by atoms with Gasteiger partial charge in [-0.05, 0) is 25.8 Å². The lowest BCUT2D eigenvalue weighted by molar-refractivity contribution is -0.0731. The van der Waals surface area contributed by atoms with E-state index in [0.717, 1.165) is 30.2 Å². The molecule has 0 aromatic carbocycles. The van der Waals surface area contributed by atoms with Crippen molar-refractivity contribution in [2.24, 2.45) is 5.41 Å². The average molecular weight is 319 g/mol. The quantitative estimate of drug-likeness (QED) is 0.837. The number of aromatic nitrogens is 2. The van der Waals surface area contributed by atoms with Crippen LogP contribution in [0, 0.1) is 12.3 Å². The maximum Gasteiger partial charge on any atom is 0.248 e. The lowest BCUT2D eigenvalue weighted by Gasteiger charge is -2.54. The molecule has 2 aromatic rings. The molecular weight excluding hydrogens is 300 g/mol. The molecule has 0 atom stereocenters. The highest BCUT2D eigenvalue weighted by Gasteiger charge is 2.50. The Hall–Kier alpha value is -1.98. The number of hydrogen-bond acceptors (Lipinski definition) is 4. The molecular formula is C17H19F2N3O. The second-order valence-electron chi connectivity index (χ2n) is 6.88. The molecule has 1 spiro atoms. The first-order chi connectivity index (χ1) is 10.9. The van der Waals surface area contributed by atoms with Crippen LogP contribution in [0.5, 0.6) is 0 Å². The molecule has 0 N–H and O–H groups in total. The van der Waals surface area contributed by atoms with Crippen LogP contribution in [0.3, 0.4) is 0 Å². The summed E-state index contributed by atoms with van der Waals surface area (Å²) in [6, 6.07) is 3.81. The zero-order valence-corrected chi connectivity index (χ0v) is 13.1. The molecule has 3 heterocycles. The van der Waals surface area contributed by atoms with Gasteiger partial charge in [-0.25, -0.2) is 18.7 Å². The summed E-state index contributed by atoms with van der Waals surface area (Å²) in [5, 5.41) is 0. The van der Waals surface area contributed by atoms with Gasteiger partial charge in [0.05, 0.1) is 18.2 Å². The van der Waals surface area contributed by atoms with Crippen molar-refractivity contribution in [2.75, 3.05) is 18.0 Å². The van der Waals surface area contributed by atoms with E-state index in [1.165, 1.54) is 0 Å². The van der Waals surface area contributed by atoms with Crippen LogP contribution in [0.15, 0.2) is 29.1 Å². The second-order valence-corrected chi connectivity index (χ2v) is 6.88. The van der Waals surface area contributed by atoms with Crippen molar-refractivity contribution < 1.29 is 13.2 Å². The molecule has 0 amide bonds. The summed E-state index contributed by atoms with van der Waals surface area (Å²) in [5.74, 6) is -0.891. The van der Waals surface area contributed by atoms with E-state index in [-0.39, 0.29) is 18.3 Å². The van der Waals surface area contributed by atoms with Crippen molar-refractivity contribution in [2.45, 2.75) is 38.5 Å². The summed E-state index contributed by atoms with van der Waals surface area (Å²) in [4.78, 5) is 11.1. The molecule has 1 aliphatic carbocycles. The number of hydrogen-bond donors (Lipinski definition) is 0. The van der Waals surface area contributed by atoms with Gasteiger partial charge in [-0.3, -0.25) is 0 Å². The Morgan fingerprint density at radius 2 is 1.87 bits per heavy atom. The number of anilines is 1. The maximum atomic E-state index is 13.3. The van der Waals surface area contributed by atoms with E-state index in [1.54, 1.807) is 12.5 Å². The minimum atomic E-state index is -2.47. The predicted molar refractivity (Wildman–Crippen MR) is 82.5 cm³/mol. The Kier molecular flexibility index (Phi) is 3.18. The van der Waals surface area contributed by atoms with Crippen molar-refractivity contribution in [1.82, 2.24) is 9.97 Å². The van der Waals surface area contributed by atoms with Gasteiger partial charge in [-0.1, -0.05) is 0 Å². The highest BCUT2D eigenvalue weighted by Crippen LogP contribution is 2.49. The van der Waals surface area contributed by atoms with Crippen LogP contribution in [0.25, 0.3) is 11.3 Å². The van der Waals surface area contributed by atoms with Crippen molar-refractivity contribution >= 4 is 5.82 Å². The fraction of sp³-hybridized carbons (Fsp3) is 0.529. The maximum absolute atomic E-state index is 13.3. The molecule has 2 aliphatic rings. The Morgan fingerprint density at radius 3 is 2.52 bits per heavy atom. The number of aryl methyl sites for hydroxylation is 1. The van der Waals surface area contributed by atoms with Gasteiger partial charge in [0.2, 0.25) is 5.92 Å². The van der Waals surface area contributed by atoms with E-state index in [2.05, 4.69) is 14.9 Å². The van der Waals surface area contributed by atoms with E-state index in [9.17, 15) is 8.78 Å². The molecule has 4 rings (SSSR count). The summed E-state index contributed by atoms with van der Waals surface area (Å²) in [6.45, 7) is 3.48. The summed E-state index contributed by atoms with van der Waals surface area (Å²) >= 11 is 0. The molecule has 122 valence electrons. The Balaban J connectivity index is 1.50. The lowest BCUT2D eigenvalue weighted by atomic mass is 9.67. The zero-order chi connectivity index (χ0) is 16.1. The van der Waals surface area contributed by atoms with Crippen LogP contribution in [-0.4, -0.2) is 29.0 Å². The summed E-state index contributed by atoms with van der Waals surface area (Å²) in [5.41, 5.74) is 1.80. The first kappa shape index (κ1) is 14.6. The van der Waals surface area contributed by atoms with Gasteiger partial charge < -0.3 is 9.32 Å². The van der Waals surface area contributed by atoms with Crippen molar-refractivity contribution in [3.8, 4) is 11.3 Å². The first-order valence-corrected chi connectivity index (χ1v) is 7.96. The molecule has 1 saturated carbocycles. The Bertz CT molecular complexity index is 697. The minimum absolute atomic E-state index is 0.0178. The van der Waals surface area contributed by atoms with E-state index in [4.69, 9.17) is 4.42 Å². The number of nitrogens with zero attached hydrogens (tertiary/aromatic N) is 3. The highest BCUT2D eigenvalue weighted by atomic mass is 19.3. The minimum Gasteiger partial charge on any atom is -0.472 e. The molecule has 2 aromatic heterocycles. The standard InChI is InChI=1S/C17H19F2N3O/c1-12-20-14(13-2-7-23-9-13)8-15(21-12)22-10-16(11-22)3-5-17(18,19)6-4-16/h2,7-9H,3-6,10-11H2,1H3. The van der Waals surface area contributed by atoms with Crippen LogP contribution < -0.4 is 4.90 Å². The third-order valence-electron chi connectivity index (χ3n) is 5.06. The molecule has 1 aliphatic heterocycles. The van der Waals surface area contributed by atoms with Crippen LogP contribution in [0.2, 0.25) is 0 Å². The van der Waals surface area contributed by atoms with Crippen molar-refractivity contribution in [3.05, 3.63) is 30.5 Å². The first-order valence-electron chi connectivity index (χ1n) is 7.96. The van der Waals surface area contributed by atoms with Crippen LogP contribution in [0.1, 0.15) is 31.5 Å². The predicted octanol–water partition coefficient (Wildman–Crippen LogP) is 4.06. The molecule has 0 radical (unpaired) electrons. The monoisotopic (exact) mass is 319 g/mol. The SMILES string of the molecule is Cc1nc(-c2ccoc2)cc(N2CC3(CCC(F)(F)CC3)C2)n1. The molecule has 23 heavy (non-hydrogen) atoms. The summed E-state index contributed by atoms with van der Waals surface area (Å²) in [7, 11) is 0. The molecule has 1 saturated heterocycles.